The Bertz CT molecular complexity index is 657. The summed E-state index contributed by atoms with van der Waals surface area (Å²) < 4.78 is 5.54. The lowest BCUT2D eigenvalue weighted by atomic mass is 10.1. The second-order valence-electron chi connectivity index (χ2n) is 4.45. The molecule has 1 aliphatic carbocycles. The highest BCUT2D eigenvalue weighted by Gasteiger charge is 2.09. The monoisotopic (exact) mass is 246 g/mol. The van der Waals surface area contributed by atoms with Crippen molar-refractivity contribution < 1.29 is 4.74 Å². The zero-order valence-electron chi connectivity index (χ0n) is 10.6. The van der Waals surface area contributed by atoms with Crippen molar-refractivity contribution in [2.24, 2.45) is 0 Å². The third kappa shape index (κ3) is 2.86. The van der Waals surface area contributed by atoms with Crippen LogP contribution in [0, 0.1) is 11.8 Å². The Morgan fingerprint density at radius 1 is 0.947 bits per heavy atom. The topological polar surface area (TPSA) is 9.23 Å². The minimum absolute atomic E-state index is 0.428. The van der Waals surface area contributed by atoms with Gasteiger partial charge in [-0.25, -0.2) is 0 Å². The van der Waals surface area contributed by atoms with Crippen LogP contribution in [-0.4, -0.2) is 6.61 Å². The van der Waals surface area contributed by atoms with Crippen molar-refractivity contribution in [2.45, 2.75) is 6.42 Å². The first-order chi connectivity index (χ1) is 9.42. The van der Waals surface area contributed by atoms with E-state index in [1.165, 1.54) is 11.1 Å². The van der Waals surface area contributed by atoms with Crippen LogP contribution < -0.4 is 4.74 Å². The predicted molar refractivity (Wildman–Crippen MR) is 77.8 cm³/mol. The van der Waals surface area contributed by atoms with Gasteiger partial charge in [0.05, 0.1) is 0 Å². The van der Waals surface area contributed by atoms with E-state index in [2.05, 4.69) is 42.2 Å². The average Bonchev–Trinajstić information content (AvgIpc) is 2.87. The Balaban J connectivity index is 1.58. The fourth-order valence-electron chi connectivity index (χ4n) is 2.15. The first kappa shape index (κ1) is 11.6. The van der Waals surface area contributed by atoms with Crippen LogP contribution >= 0.6 is 0 Å². The van der Waals surface area contributed by atoms with Gasteiger partial charge in [0.1, 0.15) is 12.4 Å². The minimum atomic E-state index is 0.428. The lowest BCUT2D eigenvalue weighted by Crippen LogP contribution is -1.93. The maximum atomic E-state index is 5.54. The summed E-state index contributed by atoms with van der Waals surface area (Å²) in [5, 5.41) is 0. The molecule has 0 N–H and O–H groups in total. The van der Waals surface area contributed by atoms with Crippen LogP contribution in [0.15, 0.2) is 60.2 Å². The summed E-state index contributed by atoms with van der Waals surface area (Å²) in [4.78, 5) is 0. The zero-order chi connectivity index (χ0) is 12.9. The number of para-hydroxylation sites is 1. The number of fused-ring (bicyclic) bond motifs is 1. The van der Waals surface area contributed by atoms with Gasteiger partial charge >= 0.3 is 0 Å². The number of allylic oxidation sites excluding steroid dienone is 1. The van der Waals surface area contributed by atoms with E-state index in [1.807, 2.05) is 30.3 Å². The highest BCUT2D eigenvalue weighted by atomic mass is 16.5. The number of rotatable bonds is 2. The van der Waals surface area contributed by atoms with Crippen LogP contribution in [0.1, 0.15) is 11.1 Å². The van der Waals surface area contributed by atoms with Crippen LogP contribution in [0.25, 0.3) is 6.08 Å². The normalized spacial score (nSPS) is 12.1. The molecule has 0 aromatic heterocycles. The first-order valence-corrected chi connectivity index (χ1v) is 6.37. The lowest BCUT2D eigenvalue weighted by molar-refractivity contribution is 0.370. The van der Waals surface area contributed by atoms with E-state index in [-0.39, 0.29) is 0 Å². The van der Waals surface area contributed by atoms with Crippen molar-refractivity contribution in [3.05, 3.63) is 71.3 Å². The first-order valence-electron chi connectivity index (χ1n) is 6.37. The van der Waals surface area contributed by atoms with Gasteiger partial charge in [0.2, 0.25) is 0 Å². The molecule has 0 radical (unpaired) electrons. The molecule has 0 saturated heterocycles. The average molecular weight is 246 g/mol. The molecule has 0 unspecified atom stereocenters. The van der Waals surface area contributed by atoms with E-state index in [0.717, 1.165) is 17.7 Å². The summed E-state index contributed by atoms with van der Waals surface area (Å²) in [5.41, 5.74) is 3.81. The standard InChI is InChI=1S/C18H14O/c1-2-10-18(11-3-1)19-12-6-7-15-13-16-8-4-5-9-17(16)14-15/h1-5,8-11,13H,12,14H2. The van der Waals surface area contributed by atoms with Crippen molar-refractivity contribution in [1.82, 2.24) is 0 Å². The molecule has 92 valence electrons. The van der Waals surface area contributed by atoms with Gasteiger partial charge in [0.15, 0.2) is 0 Å². The van der Waals surface area contributed by atoms with Gasteiger partial charge in [-0.05, 0) is 29.3 Å². The highest BCUT2D eigenvalue weighted by Crippen LogP contribution is 2.23. The summed E-state index contributed by atoms with van der Waals surface area (Å²) in [6.07, 6.45) is 3.10. The van der Waals surface area contributed by atoms with E-state index in [0.29, 0.717) is 6.61 Å². The Labute approximate surface area is 113 Å². The minimum Gasteiger partial charge on any atom is -0.481 e. The van der Waals surface area contributed by atoms with E-state index >= 15 is 0 Å². The molecular weight excluding hydrogens is 232 g/mol. The molecule has 0 fully saturated rings. The molecule has 3 rings (SSSR count). The van der Waals surface area contributed by atoms with Crippen molar-refractivity contribution in [1.29, 1.82) is 0 Å². The number of benzene rings is 2. The number of hydrogen-bond donors (Lipinski definition) is 0. The Morgan fingerprint density at radius 2 is 1.74 bits per heavy atom. The van der Waals surface area contributed by atoms with Crippen LogP contribution in [-0.2, 0) is 6.42 Å². The summed E-state index contributed by atoms with van der Waals surface area (Å²) in [5.74, 6) is 7.12. The molecular formula is C18H14O. The van der Waals surface area contributed by atoms with Crippen LogP contribution in [0.4, 0.5) is 0 Å². The number of hydrogen-bond acceptors (Lipinski definition) is 1. The van der Waals surface area contributed by atoms with Crippen molar-refractivity contribution in [3.63, 3.8) is 0 Å². The molecule has 0 amide bonds. The molecule has 2 aromatic carbocycles. The predicted octanol–water partition coefficient (Wildman–Crippen LogP) is 3.71. The summed E-state index contributed by atoms with van der Waals surface area (Å²) >= 11 is 0. The summed E-state index contributed by atoms with van der Waals surface area (Å²) in [7, 11) is 0. The van der Waals surface area contributed by atoms with E-state index in [9.17, 15) is 0 Å². The highest BCUT2D eigenvalue weighted by molar-refractivity contribution is 5.68. The fourth-order valence-corrected chi connectivity index (χ4v) is 2.15. The van der Waals surface area contributed by atoms with Gasteiger partial charge in [-0.2, -0.15) is 0 Å². The van der Waals surface area contributed by atoms with Gasteiger partial charge in [-0.1, -0.05) is 54.3 Å². The van der Waals surface area contributed by atoms with E-state index < -0.39 is 0 Å². The third-order valence-electron chi connectivity index (χ3n) is 3.07. The van der Waals surface area contributed by atoms with Crippen molar-refractivity contribution >= 4 is 6.08 Å². The summed E-state index contributed by atoms with van der Waals surface area (Å²) in [6.45, 7) is 0.428. The maximum Gasteiger partial charge on any atom is 0.149 e. The smallest absolute Gasteiger partial charge is 0.149 e. The molecule has 1 aliphatic rings. The molecule has 1 nitrogen and oxygen atoms in total. The Morgan fingerprint density at radius 3 is 2.58 bits per heavy atom. The second-order valence-corrected chi connectivity index (χ2v) is 4.45. The Hall–Kier alpha value is -2.46. The molecule has 0 saturated carbocycles. The number of ether oxygens (including phenoxy) is 1. The molecule has 0 heterocycles. The van der Waals surface area contributed by atoms with Crippen LogP contribution in [0.3, 0.4) is 0 Å². The van der Waals surface area contributed by atoms with Gasteiger partial charge in [0, 0.05) is 12.0 Å². The van der Waals surface area contributed by atoms with E-state index in [4.69, 9.17) is 4.74 Å². The van der Waals surface area contributed by atoms with E-state index in [1.54, 1.807) is 0 Å². The molecule has 0 bridgehead atoms. The largest absolute Gasteiger partial charge is 0.481 e. The fraction of sp³-hybridized carbons (Fsp3) is 0.111. The van der Waals surface area contributed by atoms with Crippen LogP contribution in [0.2, 0.25) is 0 Å². The summed E-state index contributed by atoms with van der Waals surface area (Å²) in [6, 6.07) is 18.2. The maximum absolute atomic E-state index is 5.54. The quantitative estimate of drug-likeness (QED) is 0.734. The van der Waals surface area contributed by atoms with Gasteiger partial charge in [-0.15, -0.1) is 0 Å². The lowest BCUT2D eigenvalue weighted by Gasteiger charge is -1.99. The van der Waals surface area contributed by atoms with Crippen molar-refractivity contribution in [2.75, 3.05) is 6.61 Å². The van der Waals surface area contributed by atoms with Gasteiger partial charge in [0.25, 0.3) is 0 Å². The molecule has 19 heavy (non-hydrogen) atoms. The Kier molecular flexibility index (Phi) is 3.34. The molecule has 0 aliphatic heterocycles. The second kappa shape index (κ2) is 5.46. The van der Waals surface area contributed by atoms with Gasteiger partial charge < -0.3 is 4.74 Å². The molecule has 0 spiro atoms. The third-order valence-corrected chi connectivity index (χ3v) is 3.07. The zero-order valence-corrected chi connectivity index (χ0v) is 10.6. The van der Waals surface area contributed by atoms with Crippen LogP contribution in [0.5, 0.6) is 5.75 Å². The molecule has 1 heteroatoms. The molecule has 0 atom stereocenters. The molecule has 2 aromatic rings. The van der Waals surface area contributed by atoms with Crippen molar-refractivity contribution in [3.8, 4) is 17.6 Å². The van der Waals surface area contributed by atoms with Gasteiger partial charge in [-0.3, -0.25) is 0 Å². The SMILES string of the molecule is C(#CC1=Cc2ccccc2C1)COc1ccccc1.